The first kappa shape index (κ1) is 118. The minimum Gasteiger partial charge on any atom is -0.508 e. The Morgan fingerprint density at radius 2 is 0.414 bits per heavy atom. The molecule has 0 heterocycles. The predicted molar refractivity (Wildman–Crippen MR) is 534 cm³/mol. The van der Waals surface area contributed by atoms with E-state index in [4.69, 9.17) is 89.1 Å². The van der Waals surface area contributed by atoms with E-state index in [1.54, 1.807) is 45.0 Å². The zero-order valence-electron chi connectivity index (χ0n) is 80.5. The van der Waals surface area contributed by atoms with E-state index in [0.29, 0.717) is 54.5 Å². The van der Waals surface area contributed by atoms with Crippen LogP contribution >= 0.6 is 0 Å². The maximum atomic E-state index is 15.6. The minimum atomic E-state index is -1.52. The highest BCUT2D eigenvalue weighted by molar-refractivity contribution is 6.00. The van der Waals surface area contributed by atoms with Crippen LogP contribution in [0.4, 0.5) is 0 Å². The quantitative estimate of drug-likeness (QED) is 0.0171. The van der Waals surface area contributed by atoms with Crippen LogP contribution < -0.4 is 110 Å². The molecule has 4 rings (SSSR count). The molecule has 44 nitrogen and oxygen atoms in total. The van der Waals surface area contributed by atoms with Gasteiger partial charge >= 0.3 is 0 Å². The molecule has 0 aliphatic heterocycles. The molecule has 12 unspecified atom stereocenters. The van der Waals surface area contributed by atoms with E-state index < -0.39 is 204 Å². The van der Waals surface area contributed by atoms with Crippen molar-refractivity contribution in [3.63, 3.8) is 0 Å². The van der Waals surface area contributed by atoms with E-state index in [0.717, 1.165) is 0 Å². The Kier molecular flexibility index (Phi) is 53.7. The fraction of sp³-hybridized carbons (Fsp3) is 0.542. The van der Waals surface area contributed by atoms with E-state index in [9.17, 15) is 39.6 Å². The molecular formula is C96H150N28O16. The number of nitrogens with one attached hydrogen (secondary N) is 20. The Hall–Kier alpha value is -14.5. The largest absolute Gasteiger partial charge is 0.508 e. The monoisotopic (exact) mass is 1950 g/mol. The number of phenolic OH excluding ortho intramolecular Hbond substituents is 4. The van der Waals surface area contributed by atoms with E-state index in [-0.39, 0.29) is 214 Å². The smallest absolute Gasteiger partial charge is 0.224 e. The number of hydrogen-bond acceptors (Lipinski definition) is 24. The van der Waals surface area contributed by atoms with Crippen molar-refractivity contribution >= 4 is 118 Å². The first-order valence-electron chi connectivity index (χ1n) is 47.6. The van der Waals surface area contributed by atoms with Gasteiger partial charge in [0.2, 0.25) is 23.6 Å². The van der Waals surface area contributed by atoms with Gasteiger partial charge in [-0.15, -0.1) is 0 Å². The van der Waals surface area contributed by atoms with Crippen molar-refractivity contribution in [3.8, 4) is 23.0 Å². The maximum Gasteiger partial charge on any atom is 0.224 e. The first-order valence-corrected chi connectivity index (χ1v) is 47.6. The molecule has 0 radical (unpaired) electrons. The van der Waals surface area contributed by atoms with Crippen molar-refractivity contribution in [3.05, 3.63) is 119 Å². The molecule has 770 valence electrons. The lowest BCUT2D eigenvalue weighted by Gasteiger charge is -2.27. The molecule has 0 bridgehead atoms. The zero-order chi connectivity index (χ0) is 104. The third-order valence-electron chi connectivity index (χ3n) is 24.1. The number of aromatic hydroxyl groups is 4. The average molecular weight is 1950 g/mol. The number of Topliss-reactive ketones (excluding diaryl/α,β-unsaturated/α-hetero) is 8. The Morgan fingerprint density at radius 1 is 0.250 bits per heavy atom. The van der Waals surface area contributed by atoms with Crippen LogP contribution in [0.15, 0.2) is 97.1 Å². The predicted octanol–water partition coefficient (Wildman–Crippen LogP) is 2.10. The number of amides is 4. The number of carbonyl (C=O) groups is 12. The number of ketones is 8. The van der Waals surface area contributed by atoms with E-state index in [2.05, 4.69) is 63.8 Å². The van der Waals surface area contributed by atoms with E-state index in [1.807, 2.05) is 0 Å². The van der Waals surface area contributed by atoms with Gasteiger partial charge in [0.25, 0.3) is 0 Å². The van der Waals surface area contributed by atoms with E-state index >= 15 is 38.4 Å². The summed E-state index contributed by atoms with van der Waals surface area (Å²) in [7, 11) is 0. The topological polar surface area (TPSA) is 829 Å². The number of hydrogen-bond donors (Lipinski definition) is 32. The fourth-order valence-electron chi connectivity index (χ4n) is 16.4. The molecule has 0 aliphatic carbocycles. The van der Waals surface area contributed by atoms with E-state index in [1.165, 1.54) is 72.8 Å². The van der Waals surface area contributed by atoms with Crippen LogP contribution in [-0.2, 0) is 83.2 Å². The summed E-state index contributed by atoms with van der Waals surface area (Å²) in [5.74, 6) is -20.4. The molecule has 44 heteroatoms. The molecule has 4 aromatic carbocycles. The number of benzene rings is 4. The SMILES string of the molecule is CCC(CCCNC(=N)N)C(=O)NC(Cc1ccc(O)cc1)C(=O)CC(CCCNC(=N)N)C(=O)CC(CCCNC(=N)N)C(=O)NC(Cc1ccc(O)cc1)C(=O)CC(CCCNC(=N)N)C(=O)CC(CCCNC(=N)N)C(=O)NC(Cc1ccc(O)cc1)C(=O)CC(CCCNC(=N)N)C(=O)CC(CCCNC(=N)N)C(=O)NC(Cc1ccc(O)cc1)C(=O)CC(CCCNC(=N)N)C(=O)C(C)C. The molecule has 140 heavy (non-hydrogen) atoms. The summed E-state index contributed by atoms with van der Waals surface area (Å²) in [5, 5.41) is 137. The zero-order valence-corrected chi connectivity index (χ0v) is 80.5. The number of carbonyl (C=O) groups excluding carboxylic acids is 12. The van der Waals surface area contributed by atoms with Gasteiger partial charge in [-0.1, -0.05) is 69.3 Å². The molecule has 40 N–H and O–H groups in total. The number of guanidine groups is 8. The Balaban J connectivity index is 1.85. The van der Waals surface area contributed by atoms with Gasteiger partial charge in [-0.25, -0.2) is 0 Å². The van der Waals surface area contributed by atoms with Crippen LogP contribution in [0.1, 0.15) is 197 Å². The molecule has 0 spiro atoms. The maximum absolute atomic E-state index is 15.6. The van der Waals surface area contributed by atoms with Gasteiger partial charge in [0.05, 0.1) is 24.2 Å². The second-order valence-electron chi connectivity index (χ2n) is 35.8. The number of phenols is 4. The van der Waals surface area contributed by atoms with Gasteiger partial charge in [0.15, 0.2) is 70.8 Å². The number of rotatable bonds is 72. The molecule has 0 aromatic heterocycles. The van der Waals surface area contributed by atoms with Gasteiger partial charge in [0, 0.05) is 151 Å². The van der Waals surface area contributed by atoms with Crippen LogP contribution in [0.3, 0.4) is 0 Å². The third-order valence-corrected chi connectivity index (χ3v) is 24.1. The molecule has 12 atom stereocenters. The van der Waals surface area contributed by atoms with Crippen molar-refractivity contribution in [1.29, 1.82) is 43.3 Å². The Labute approximate surface area is 817 Å². The molecule has 4 amide bonds. The summed E-state index contributed by atoms with van der Waals surface area (Å²) in [5.41, 5.74) is 47.0. The van der Waals surface area contributed by atoms with Crippen molar-refractivity contribution < 1.29 is 78.0 Å². The van der Waals surface area contributed by atoms with Crippen molar-refractivity contribution in [2.75, 3.05) is 52.4 Å². The molecule has 0 aliphatic rings. The summed E-state index contributed by atoms with van der Waals surface area (Å²) < 4.78 is 0. The number of nitrogens with two attached hydrogens (primary N) is 8. The van der Waals surface area contributed by atoms with Crippen LogP contribution in [0.25, 0.3) is 0 Å². The summed E-state index contributed by atoms with van der Waals surface area (Å²) >= 11 is 0. The molecule has 4 aromatic rings. The lowest BCUT2D eigenvalue weighted by Crippen LogP contribution is -2.47. The molecular weight excluding hydrogens is 1800 g/mol. The van der Waals surface area contributed by atoms with Crippen LogP contribution in [-0.4, -0.2) is 215 Å². The highest BCUT2D eigenvalue weighted by Crippen LogP contribution is 2.30. The molecule has 0 saturated carbocycles. The van der Waals surface area contributed by atoms with Gasteiger partial charge < -0.3 is 130 Å². The third kappa shape index (κ3) is 48.5. The van der Waals surface area contributed by atoms with Gasteiger partial charge in [-0.05, 0) is 206 Å². The minimum absolute atomic E-state index is 0.00293. The highest BCUT2D eigenvalue weighted by Gasteiger charge is 2.39. The van der Waals surface area contributed by atoms with Crippen LogP contribution in [0.5, 0.6) is 23.0 Å². The van der Waals surface area contributed by atoms with Crippen LogP contribution in [0.2, 0.25) is 0 Å². The summed E-state index contributed by atoms with van der Waals surface area (Å²) in [4.78, 5) is 181. The normalized spacial score (nSPS) is 13.6. The van der Waals surface area contributed by atoms with Gasteiger partial charge in [-0.3, -0.25) is 101 Å². The van der Waals surface area contributed by atoms with Gasteiger partial charge in [-0.2, -0.15) is 0 Å². The summed E-state index contributed by atoms with van der Waals surface area (Å²) in [6, 6.07) is 17.7. The second-order valence-corrected chi connectivity index (χ2v) is 35.8. The second kappa shape index (κ2) is 63.8. The summed E-state index contributed by atoms with van der Waals surface area (Å²) in [6.07, 6.45) is -2.47. The first-order chi connectivity index (χ1) is 66.4. The Morgan fingerprint density at radius 3 is 0.600 bits per heavy atom. The van der Waals surface area contributed by atoms with Crippen LogP contribution in [0, 0.1) is 96.5 Å². The summed E-state index contributed by atoms with van der Waals surface area (Å²) in [6.45, 7) is 5.93. The fourth-order valence-corrected chi connectivity index (χ4v) is 16.4. The Bertz CT molecular complexity index is 4750. The molecule has 0 fully saturated rings. The average Bonchev–Trinajstić information content (AvgIpc) is 0.849. The molecule has 0 saturated heterocycles. The lowest BCUT2D eigenvalue weighted by molar-refractivity contribution is -0.136. The van der Waals surface area contributed by atoms with Gasteiger partial charge in [0.1, 0.15) is 46.1 Å². The van der Waals surface area contributed by atoms with Crippen molar-refractivity contribution in [2.24, 2.45) is 99.1 Å². The highest BCUT2D eigenvalue weighted by atomic mass is 16.3. The standard InChI is InChI=1S/C96H150N28O16/c1-4-61(13-5-37-113-89(97)98)85(137)121-73(45-57-21-29-69(125)30-22-57)80(132)49-62(14-6-38-114-90(99)100)77(129)53-66(18-10-42-118-94(107)108)86(138)122-74(46-58-23-31-70(126)32-24-58)81(133)50-63(15-7-39-115-91(101)102)78(130)54-67(19-11-43-119-95(109)110)87(139)123-75(47-59-25-33-71(127)34-26-59)82(134)51-64(16-8-40-116-92(103)104)79(131)55-68(20-12-44-120-96(111)112)88(140)124-76(48-60-27-35-72(128)36-28-60)83(135)52-65(84(136)56(2)3)17-9-41-117-93(105)106/h21-36,56,61-68,73-76,125-128H,4-20,37-55H2,1-3H3,(H,121,137)(H,122,138)(H,123,139)(H,124,140)(H4,97,98,113)(H4,99,100,114)(H4,101,102,115)(H4,103,104,116)(H4,105,106,117)(H4,107,108,118)(H4,109,110,119)(H4,111,112,120). The lowest BCUT2D eigenvalue weighted by atomic mass is 9.82. The van der Waals surface area contributed by atoms with Crippen molar-refractivity contribution in [1.82, 2.24) is 63.8 Å². The van der Waals surface area contributed by atoms with Crippen molar-refractivity contribution in [2.45, 2.75) is 225 Å².